The first-order valence-corrected chi connectivity index (χ1v) is 11.5. The van der Waals surface area contributed by atoms with Crippen molar-refractivity contribution in [2.45, 2.75) is 39.5 Å². The van der Waals surface area contributed by atoms with Crippen LogP contribution in [0.2, 0.25) is 0 Å². The Morgan fingerprint density at radius 3 is 2.40 bits per heavy atom. The minimum Gasteiger partial charge on any atom is -0.381 e. The van der Waals surface area contributed by atoms with E-state index in [-0.39, 0.29) is 6.61 Å². The number of anilines is 1. The number of carbonyl (C=O) groups is 2. The van der Waals surface area contributed by atoms with E-state index in [4.69, 9.17) is 4.74 Å². The molecule has 0 spiro atoms. The van der Waals surface area contributed by atoms with E-state index in [9.17, 15) is 22.8 Å². The maximum atomic E-state index is 13.2. The Labute approximate surface area is 203 Å². The number of hydrogen-bond donors (Lipinski definition) is 1. The van der Waals surface area contributed by atoms with Crippen LogP contribution in [0.3, 0.4) is 0 Å². The third-order valence-corrected chi connectivity index (χ3v) is 5.76. The Morgan fingerprint density at radius 1 is 1.11 bits per heavy atom. The molecule has 2 atom stereocenters. The molecule has 2 aromatic carbocycles. The number of alkyl halides is 3. The minimum absolute atomic E-state index is 0.199. The standard InChI is InChI=1S/C26H30F3N3O3/c1-16(2)13-14-35-15-17(3)24(33)31-23-25(34)32(4)21-8-6-5-7-20(21)22(30-23)18-9-11-19(12-10-18)26(27,28)29/h5-12,16-17,23H,13-15H2,1-4H3,(H,31,33)/t17-,23-/m1/s1. The number of benzodiazepines with no additional fused rings is 1. The van der Waals surface area contributed by atoms with E-state index in [0.717, 1.165) is 18.6 Å². The molecule has 1 heterocycles. The summed E-state index contributed by atoms with van der Waals surface area (Å²) in [7, 11) is 1.57. The van der Waals surface area contributed by atoms with E-state index in [1.54, 1.807) is 38.2 Å². The van der Waals surface area contributed by atoms with Crippen LogP contribution in [0.15, 0.2) is 53.5 Å². The van der Waals surface area contributed by atoms with Gasteiger partial charge >= 0.3 is 6.18 Å². The molecule has 0 aromatic heterocycles. The average molecular weight is 490 g/mol. The monoisotopic (exact) mass is 489 g/mol. The highest BCUT2D eigenvalue weighted by Crippen LogP contribution is 2.31. The highest BCUT2D eigenvalue weighted by molar-refractivity contribution is 6.20. The lowest BCUT2D eigenvalue weighted by Gasteiger charge is -2.22. The molecule has 35 heavy (non-hydrogen) atoms. The third kappa shape index (κ3) is 6.48. The molecule has 1 aliphatic rings. The number of benzene rings is 2. The van der Waals surface area contributed by atoms with Gasteiger partial charge in [-0.1, -0.05) is 51.1 Å². The lowest BCUT2D eigenvalue weighted by atomic mass is 9.99. The first kappa shape index (κ1) is 26.4. The molecule has 0 radical (unpaired) electrons. The van der Waals surface area contributed by atoms with Crippen molar-refractivity contribution >= 4 is 23.2 Å². The zero-order chi connectivity index (χ0) is 25.8. The van der Waals surface area contributed by atoms with Gasteiger partial charge in [-0.15, -0.1) is 0 Å². The van der Waals surface area contributed by atoms with Gasteiger partial charge in [0.15, 0.2) is 0 Å². The van der Waals surface area contributed by atoms with Crippen LogP contribution >= 0.6 is 0 Å². The van der Waals surface area contributed by atoms with Gasteiger partial charge in [0.1, 0.15) is 0 Å². The molecular formula is C26H30F3N3O3. The van der Waals surface area contributed by atoms with Crippen LogP contribution in [0, 0.1) is 11.8 Å². The maximum Gasteiger partial charge on any atom is 0.416 e. The van der Waals surface area contributed by atoms with E-state index < -0.39 is 35.6 Å². The third-order valence-electron chi connectivity index (χ3n) is 5.76. The van der Waals surface area contributed by atoms with E-state index in [2.05, 4.69) is 24.2 Å². The number of nitrogens with one attached hydrogen (secondary N) is 1. The number of hydrogen-bond acceptors (Lipinski definition) is 4. The zero-order valence-electron chi connectivity index (χ0n) is 20.2. The van der Waals surface area contributed by atoms with Crippen molar-refractivity contribution in [3.05, 3.63) is 65.2 Å². The largest absolute Gasteiger partial charge is 0.416 e. The Morgan fingerprint density at radius 2 is 1.77 bits per heavy atom. The van der Waals surface area contributed by atoms with Gasteiger partial charge < -0.3 is 15.0 Å². The van der Waals surface area contributed by atoms with Crippen LogP contribution < -0.4 is 10.2 Å². The summed E-state index contributed by atoms with van der Waals surface area (Å²) in [5.41, 5.74) is 1.05. The maximum absolute atomic E-state index is 13.2. The number of carbonyl (C=O) groups excluding carboxylic acids is 2. The Balaban J connectivity index is 1.89. The fourth-order valence-corrected chi connectivity index (χ4v) is 3.60. The van der Waals surface area contributed by atoms with E-state index in [1.807, 2.05) is 0 Å². The summed E-state index contributed by atoms with van der Waals surface area (Å²) in [4.78, 5) is 31.9. The quantitative estimate of drug-likeness (QED) is 0.549. The molecule has 2 amide bonds. The summed E-state index contributed by atoms with van der Waals surface area (Å²) in [6.45, 7) is 6.59. The summed E-state index contributed by atoms with van der Waals surface area (Å²) >= 11 is 0. The predicted octanol–water partition coefficient (Wildman–Crippen LogP) is 4.66. The second kappa shape index (κ2) is 11.0. The number of ether oxygens (including phenoxy) is 1. The van der Waals surface area contributed by atoms with Crippen molar-refractivity contribution in [1.29, 1.82) is 0 Å². The Hall–Kier alpha value is -3.20. The van der Waals surface area contributed by atoms with Gasteiger partial charge in [-0.25, -0.2) is 4.99 Å². The number of para-hydroxylation sites is 1. The normalized spacial score (nSPS) is 17.0. The average Bonchev–Trinajstić information content (AvgIpc) is 2.92. The number of nitrogens with zero attached hydrogens (tertiary/aromatic N) is 2. The smallest absolute Gasteiger partial charge is 0.381 e. The van der Waals surface area contributed by atoms with Crippen LogP contribution in [-0.2, 0) is 20.5 Å². The van der Waals surface area contributed by atoms with Gasteiger partial charge in [0.25, 0.3) is 5.91 Å². The summed E-state index contributed by atoms with van der Waals surface area (Å²) in [6, 6.07) is 11.6. The predicted molar refractivity (Wildman–Crippen MR) is 128 cm³/mol. The van der Waals surface area contributed by atoms with E-state index in [1.165, 1.54) is 17.0 Å². The van der Waals surface area contributed by atoms with E-state index in [0.29, 0.717) is 35.1 Å². The Bertz CT molecular complexity index is 1080. The zero-order valence-corrected chi connectivity index (χ0v) is 20.2. The first-order chi connectivity index (χ1) is 16.5. The van der Waals surface area contributed by atoms with Gasteiger partial charge in [0, 0.05) is 24.8 Å². The van der Waals surface area contributed by atoms with Gasteiger partial charge in [0.2, 0.25) is 12.1 Å². The number of halogens is 3. The molecule has 6 nitrogen and oxygen atoms in total. The molecule has 188 valence electrons. The number of fused-ring (bicyclic) bond motifs is 1. The second-order valence-corrected chi connectivity index (χ2v) is 9.04. The fraction of sp³-hybridized carbons (Fsp3) is 0.423. The highest BCUT2D eigenvalue weighted by Gasteiger charge is 2.33. The molecule has 0 fully saturated rings. The molecule has 1 aliphatic heterocycles. The number of likely N-dealkylation sites (N-methyl/N-ethyl adjacent to an activating group) is 1. The van der Waals surface area contributed by atoms with Gasteiger partial charge in [0.05, 0.1) is 29.5 Å². The molecule has 0 saturated heterocycles. The summed E-state index contributed by atoms with van der Waals surface area (Å²) in [6.07, 6.45) is -4.84. The van der Waals surface area contributed by atoms with Crippen molar-refractivity contribution in [3.63, 3.8) is 0 Å². The van der Waals surface area contributed by atoms with Crippen LogP contribution in [0.4, 0.5) is 18.9 Å². The van der Waals surface area contributed by atoms with Crippen molar-refractivity contribution in [3.8, 4) is 0 Å². The SMILES string of the molecule is CC(C)CCOC[C@@H](C)C(=O)N[C@H]1N=C(c2ccc(C(F)(F)F)cc2)c2ccccc2N(C)C1=O. The number of rotatable bonds is 8. The molecule has 2 aromatic rings. The van der Waals surface area contributed by atoms with Crippen molar-refractivity contribution < 1.29 is 27.5 Å². The fourth-order valence-electron chi connectivity index (χ4n) is 3.60. The van der Waals surface area contributed by atoms with Gasteiger partial charge in [-0.05, 0) is 30.5 Å². The van der Waals surface area contributed by atoms with Crippen LogP contribution in [0.5, 0.6) is 0 Å². The molecule has 9 heteroatoms. The topological polar surface area (TPSA) is 71.0 Å². The minimum atomic E-state index is -4.47. The van der Waals surface area contributed by atoms with E-state index >= 15 is 0 Å². The molecular weight excluding hydrogens is 459 g/mol. The molecule has 1 N–H and O–H groups in total. The summed E-state index contributed by atoms with van der Waals surface area (Å²) in [5.74, 6) is -0.892. The Kier molecular flexibility index (Phi) is 8.32. The summed E-state index contributed by atoms with van der Waals surface area (Å²) in [5, 5.41) is 2.68. The highest BCUT2D eigenvalue weighted by atomic mass is 19.4. The van der Waals surface area contributed by atoms with Gasteiger partial charge in [-0.3, -0.25) is 9.59 Å². The first-order valence-electron chi connectivity index (χ1n) is 11.5. The second-order valence-electron chi connectivity index (χ2n) is 9.04. The van der Waals surface area contributed by atoms with Crippen molar-refractivity contribution in [2.75, 3.05) is 25.2 Å². The molecule has 0 aliphatic carbocycles. The van der Waals surface area contributed by atoms with Gasteiger partial charge in [-0.2, -0.15) is 13.2 Å². The van der Waals surface area contributed by atoms with Crippen molar-refractivity contribution in [2.24, 2.45) is 16.8 Å². The van der Waals surface area contributed by atoms with Crippen LogP contribution in [0.25, 0.3) is 0 Å². The molecule has 0 saturated carbocycles. The lowest BCUT2D eigenvalue weighted by Crippen LogP contribution is -2.48. The number of amides is 2. The molecule has 3 rings (SSSR count). The van der Waals surface area contributed by atoms with Crippen molar-refractivity contribution in [1.82, 2.24) is 5.32 Å². The van der Waals surface area contributed by atoms with Crippen LogP contribution in [0.1, 0.15) is 43.9 Å². The molecule has 0 bridgehead atoms. The number of aliphatic imine (C=N–C) groups is 1. The summed E-state index contributed by atoms with van der Waals surface area (Å²) < 4.78 is 44.8. The van der Waals surface area contributed by atoms with Crippen LogP contribution in [-0.4, -0.2) is 44.0 Å². The lowest BCUT2D eigenvalue weighted by molar-refractivity contribution is -0.137. The molecule has 0 unspecified atom stereocenters.